The molecule has 74 valence electrons. The first-order valence-corrected chi connectivity index (χ1v) is 5.34. The van der Waals surface area contributed by atoms with Crippen LogP contribution in [0.5, 0.6) is 0 Å². The van der Waals surface area contributed by atoms with Crippen molar-refractivity contribution >= 4 is 5.84 Å². The molecular weight excluding hydrogens is 162 g/mol. The molecule has 1 saturated heterocycles. The van der Waals surface area contributed by atoms with Gasteiger partial charge in [0.2, 0.25) is 0 Å². The zero-order valence-electron chi connectivity index (χ0n) is 8.42. The van der Waals surface area contributed by atoms with Crippen molar-refractivity contribution in [3.8, 4) is 0 Å². The van der Waals surface area contributed by atoms with Crippen LogP contribution >= 0.6 is 0 Å². The van der Waals surface area contributed by atoms with E-state index in [4.69, 9.17) is 0 Å². The van der Waals surface area contributed by atoms with Crippen LogP contribution in [0.4, 0.5) is 0 Å². The Morgan fingerprint density at radius 1 is 1.38 bits per heavy atom. The number of nitrogens with one attached hydrogen (secondary N) is 1. The van der Waals surface area contributed by atoms with E-state index >= 15 is 0 Å². The fourth-order valence-corrected chi connectivity index (χ4v) is 2.26. The van der Waals surface area contributed by atoms with Crippen LogP contribution in [0.3, 0.4) is 0 Å². The summed E-state index contributed by atoms with van der Waals surface area (Å²) in [5, 5.41) is 3.40. The summed E-state index contributed by atoms with van der Waals surface area (Å²) in [5.41, 5.74) is 0. The molecule has 0 bridgehead atoms. The molecule has 0 atom stereocenters. The number of hydrogen-bond acceptors (Lipinski definition) is 3. The molecule has 0 spiro atoms. The van der Waals surface area contributed by atoms with Gasteiger partial charge < -0.3 is 10.2 Å². The highest BCUT2D eigenvalue weighted by Gasteiger charge is 2.23. The third-order valence-electron chi connectivity index (χ3n) is 3.02. The molecule has 2 heterocycles. The highest BCUT2D eigenvalue weighted by molar-refractivity contribution is 5.85. The number of amidine groups is 1. The molecule has 2 aliphatic rings. The molecule has 0 saturated carbocycles. The van der Waals surface area contributed by atoms with Crippen molar-refractivity contribution in [1.29, 1.82) is 0 Å². The average Bonchev–Trinajstić information content (AvgIpc) is 2.20. The van der Waals surface area contributed by atoms with E-state index in [1.807, 2.05) is 0 Å². The quantitative estimate of drug-likeness (QED) is 0.645. The van der Waals surface area contributed by atoms with Gasteiger partial charge in [0.25, 0.3) is 0 Å². The molecule has 3 heteroatoms. The monoisotopic (exact) mass is 181 g/mol. The molecule has 0 radical (unpaired) electrons. The number of rotatable bonds is 1. The molecule has 0 aromatic rings. The van der Waals surface area contributed by atoms with Crippen molar-refractivity contribution in [3.63, 3.8) is 0 Å². The molecule has 3 nitrogen and oxygen atoms in total. The van der Waals surface area contributed by atoms with Crippen LogP contribution in [0.2, 0.25) is 0 Å². The van der Waals surface area contributed by atoms with Crippen LogP contribution in [-0.4, -0.2) is 44.0 Å². The lowest BCUT2D eigenvalue weighted by Gasteiger charge is -2.33. The Hall–Kier alpha value is -0.570. The van der Waals surface area contributed by atoms with Crippen LogP contribution in [0, 0.1) is 5.92 Å². The lowest BCUT2D eigenvalue weighted by Crippen LogP contribution is -2.41. The van der Waals surface area contributed by atoms with E-state index in [9.17, 15) is 0 Å². The molecule has 13 heavy (non-hydrogen) atoms. The number of piperidine rings is 1. The first kappa shape index (κ1) is 9.00. The van der Waals surface area contributed by atoms with E-state index in [0.29, 0.717) is 0 Å². The minimum atomic E-state index is 0.728. The summed E-state index contributed by atoms with van der Waals surface area (Å²) < 4.78 is 0. The lowest BCUT2D eigenvalue weighted by atomic mass is 9.95. The largest absolute Gasteiger partial charge is 0.363 e. The van der Waals surface area contributed by atoms with Crippen LogP contribution in [0.1, 0.15) is 19.3 Å². The van der Waals surface area contributed by atoms with Gasteiger partial charge in [-0.2, -0.15) is 0 Å². The van der Waals surface area contributed by atoms with Crippen LogP contribution < -0.4 is 5.32 Å². The van der Waals surface area contributed by atoms with E-state index < -0.39 is 0 Å². The Kier molecular flexibility index (Phi) is 2.83. The second-order valence-electron chi connectivity index (χ2n) is 4.04. The molecule has 0 aromatic heterocycles. The highest BCUT2D eigenvalue weighted by atomic mass is 15.2. The van der Waals surface area contributed by atoms with Crippen molar-refractivity contribution in [3.05, 3.63) is 0 Å². The first-order valence-electron chi connectivity index (χ1n) is 5.34. The molecular formula is C10H19N3. The first-order chi connectivity index (χ1) is 6.38. The molecule has 0 aromatic carbocycles. The number of nitrogens with zero attached hydrogens (tertiary/aromatic N) is 2. The van der Waals surface area contributed by atoms with Gasteiger partial charge in [0.15, 0.2) is 0 Å². The standard InChI is InChI=1S/C10H19N3/c1-13-8-2-5-12-10(13)9-3-6-11-7-4-9/h9,11H,2-8H2,1H3. The van der Waals surface area contributed by atoms with E-state index in [0.717, 1.165) is 25.6 Å². The zero-order chi connectivity index (χ0) is 9.10. The van der Waals surface area contributed by atoms with Crippen molar-refractivity contribution in [2.24, 2.45) is 10.9 Å². The second kappa shape index (κ2) is 4.09. The average molecular weight is 181 g/mol. The Balaban J connectivity index is 2.00. The Bertz CT molecular complexity index is 194. The summed E-state index contributed by atoms with van der Waals surface area (Å²) in [4.78, 5) is 7.00. The zero-order valence-corrected chi connectivity index (χ0v) is 8.42. The SMILES string of the molecule is CN1CCCN=C1C1CCNCC1. The van der Waals surface area contributed by atoms with Gasteiger partial charge in [-0.3, -0.25) is 4.99 Å². The minimum Gasteiger partial charge on any atom is -0.363 e. The molecule has 0 unspecified atom stereocenters. The fourth-order valence-electron chi connectivity index (χ4n) is 2.26. The maximum atomic E-state index is 4.65. The highest BCUT2D eigenvalue weighted by Crippen LogP contribution is 2.18. The summed E-state index contributed by atoms with van der Waals surface area (Å²) in [6.07, 6.45) is 3.76. The molecule has 2 rings (SSSR count). The van der Waals surface area contributed by atoms with E-state index in [1.165, 1.54) is 31.6 Å². The Morgan fingerprint density at radius 3 is 2.85 bits per heavy atom. The normalized spacial score (nSPS) is 25.9. The van der Waals surface area contributed by atoms with Gasteiger partial charge in [-0.25, -0.2) is 0 Å². The maximum Gasteiger partial charge on any atom is 0.102 e. The van der Waals surface area contributed by atoms with Crippen LogP contribution in [0.15, 0.2) is 4.99 Å². The van der Waals surface area contributed by atoms with E-state index in [-0.39, 0.29) is 0 Å². The maximum absolute atomic E-state index is 4.65. The van der Waals surface area contributed by atoms with Gasteiger partial charge in [0, 0.05) is 26.1 Å². The van der Waals surface area contributed by atoms with Crippen LogP contribution in [-0.2, 0) is 0 Å². The summed E-state index contributed by atoms with van der Waals surface area (Å²) in [5.74, 6) is 2.10. The molecule has 0 amide bonds. The summed E-state index contributed by atoms with van der Waals surface area (Å²) in [6, 6.07) is 0. The van der Waals surface area contributed by atoms with Gasteiger partial charge in [0.05, 0.1) is 0 Å². The number of aliphatic imine (C=N–C) groups is 1. The number of hydrogen-bond donors (Lipinski definition) is 1. The fraction of sp³-hybridized carbons (Fsp3) is 0.900. The van der Waals surface area contributed by atoms with E-state index in [2.05, 4.69) is 22.3 Å². The van der Waals surface area contributed by atoms with Gasteiger partial charge in [-0.1, -0.05) is 0 Å². The minimum absolute atomic E-state index is 0.728. The van der Waals surface area contributed by atoms with E-state index in [1.54, 1.807) is 0 Å². The third kappa shape index (κ3) is 2.02. The topological polar surface area (TPSA) is 27.6 Å². The van der Waals surface area contributed by atoms with Crippen molar-refractivity contribution in [2.75, 3.05) is 33.2 Å². The van der Waals surface area contributed by atoms with Crippen molar-refractivity contribution in [1.82, 2.24) is 10.2 Å². The Labute approximate surface area is 80.2 Å². The summed E-state index contributed by atoms with van der Waals surface area (Å²) in [7, 11) is 2.18. The van der Waals surface area contributed by atoms with Gasteiger partial charge in [-0.05, 0) is 32.4 Å². The van der Waals surface area contributed by atoms with Gasteiger partial charge in [0.1, 0.15) is 5.84 Å². The third-order valence-corrected chi connectivity index (χ3v) is 3.02. The molecule has 2 aliphatic heterocycles. The summed E-state index contributed by atoms with van der Waals surface area (Å²) >= 11 is 0. The van der Waals surface area contributed by atoms with Gasteiger partial charge in [-0.15, -0.1) is 0 Å². The Morgan fingerprint density at radius 2 is 2.15 bits per heavy atom. The smallest absolute Gasteiger partial charge is 0.102 e. The molecule has 1 fully saturated rings. The molecule has 0 aliphatic carbocycles. The van der Waals surface area contributed by atoms with Crippen molar-refractivity contribution < 1.29 is 0 Å². The lowest BCUT2D eigenvalue weighted by molar-refractivity contribution is 0.382. The predicted octanol–water partition coefficient (Wildman–Crippen LogP) is 0.720. The van der Waals surface area contributed by atoms with Crippen LogP contribution in [0.25, 0.3) is 0 Å². The predicted molar refractivity (Wildman–Crippen MR) is 55.1 cm³/mol. The molecule has 1 N–H and O–H groups in total. The van der Waals surface area contributed by atoms with Gasteiger partial charge >= 0.3 is 0 Å². The van der Waals surface area contributed by atoms with Crippen molar-refractivity contribution in [2.45, 2.75) is 19.3 Å². The second-order valence-corrected chi connectivity index (χ2v) is 4.04. The summed E-state index contributed by atoms with van der Waals surface area (Å²) in [6.45, 7) is 4.57.